The van der Waals surface area contributed by atoms with Gasteiger partial charge in [-0.05, 0) is 27.0 Å². The van der Waals surface area contributed by atoms with Crippen LogP contribution in [0.1, 0.15) is 13.8 Å². The van der Waals surface area contributed by atoms with Crippen molar-refractivity contribution in [3.05, 3.63) is 11.1 Å². The van der Waals surface area contributed by atoms with E-state index in [9.17, 15) is 0 Å². The molecule has 0 saturated carbocycles. The summed E-state index contributed by atoms with van der Waals surface area (Å²) in [4.78, 5) is 0. The van der Waals surface area contributed by atoms with Crippen LogP contribution in [0.2, 0.25) is 0 Å². The van der Waals surface area contributed by atoms with Crippen LogP contribution in [-0.2, 0) is 4.74 Å². The van der Waals surface area contributed by atoms with Gasteiger partial charge in [0.05, 0.1) is 5.60 Å². The third kappa shape index (κ3) is 2.19. The lowest BCUT2D eigenvalue weighted by molar-refractivity contribution is 0.00222. The van der Waals surface area contributed by atoms with Crippen molar-refractivity contribution < 1.29 is 4.74 Å². The van der Waals surface area contributed by atoms with Crippen molar-refractivity contribution in [2.24, 2.45) is 0 Å². The van der Waals surface area contributed by atoms with Gasteiger partial charge in [-0.1, -0.05) is 11.6 Å². The minimum atomic E-state index is -0.196. The van der Waals surface area contributed by atoms with Crippen LogP contribution in [0, 0.1) is 0 Å². The molecule has 0 radical (unpaired) electrons. The second-order valence-electron chi connectivity index (χ2n) is 3.30. The molecule has 0 aromatic rings. The first kappa shape index (κ1) is 9.04. The maximum absolute atomic E-state index is 5.94. The summed E-state index contributed by atoms with van der Waals surface area (Å²) in [5.74, 6) is 0. The summed E-state index contributed by atoms with van der Waals surface area (Å²) in [6, 6.07) is 0. The molecule has 2 nitrogen and oxygen atoms in total. The lowest BCUT2D eigenvalue weighted by atomic mass is 10.1. The van der Waals surface area contributed by atoms with E-state index in [1.807, 2.05) is 27.0 Å². The van der Waals surface area contributed by atoms with Crippen LogP contribution in [-0.4, -0.2) is 25.3 Å². The third-order valence-electron chi connectivity index (χ3n) is 1.63. The zero-order valence-electron chi connectivity index (χ0n) is 7.15. The third-order valence-corrected chi connectivity index (χ3v) is 1.98. The molecule has 0 aliphatic carbocycles. The SMILES string of the molecule is CNCC1OC(C)(C)C=C1Cl. The molecule has 0 aromatic carbocycles. The Morgan fingerprint density at radius 1 is 1.73 bits per heavy atom. The summed E-state index contributed by atoms with van der Waals surface area (Å²) in [6.45, 7) is 4.79. The van der Waals surface area contributed by atoms with Crippen LogP contribution >= 0.6 is 11.6 Å². The van der Waals surface area contributed by atoms with E-state index in [2.05, 4.69) is 5.32 Å². The van der Waals surface area contributed by atoms with Gasteiger partial charge in [0, 0.05) is 11.6 Å². The fourth-order valence-corrected chi connectivity index (χ4v) is 1.59. The van der Waals surface area contributed by atoms with Crippen LogP contribution in [0.25, 0.3) is 0 Å². The Labute approximate surface area is 72.6 Å². The van der Waals surface area contributed by atoms with Crippen molar-refractivity contribution in [2.45, 2.75) is 25.6 Å². The highest BCUT2D eigenvalue weighted by Gasteiger charge is 2.30. The Balaban J connectivity index is 2.57. The van der Waals surface area contributed by atoms with E-state index in [4.69, 9.17) is 16.3 Å². The summed E-state index contributed by atoms with van der Waals surface area (Å²) >= 11 is 5.94. The highest BCUT2D eigenvalue weighted by molar-refractivity contribution is 6.30. The molecule has 1 aliphatic heterocycles. The van der Waals surface area contributed by atoms with Gasteiger partial charge < -0.3 is 10.1 Å². The predicted molar refractivity (Wildman–Crippen MR) is 46.8 cm³/mol. The largest absolute Gasteiger partial charge is 0.361 e. The molecule has 1 N–H and O–H groups in total. The molecule has 0 amide bonds. The Bertz CT molecular complexity index is 177. The molecular formula is C8H14ClNO. The van der Waals surface area contributed by atoms with Crippen molar-refractivity contribution in [2.75, 3.05) is 13.6 Å². The first-order valence-corrected chi connectivity index (χ1v) is 4.13. The van der Waals surface area contributed by atoms with Gasteiger partial charge in [0.25, 0.3) is 0 Å². The first-order chi connectivity index (χ1) is 5.05. The summed E-state index contributed by atoms with van der Waals surface area (Å²) in [5.41, 5.74) is -0.196. The van der Waals surface area contributed by atoms with Crippen LogP contribution < -0.4 is 5.32 Å². The quantitative estimate of drug-likeness (QED) is 0.687. The zero-order chi connectivity index (χ0) is 8.48. The van der Waals surface area contributed by atoms with Crippen molar-refractivity contribution in [1.82, 2.24) is 5.32 Å². The molecule has 1 unspecified atom stereocenters. The number of hydrogen-bond donors (Lipinski definition) is 1. The maximum atomic E-state index is 5.94. The summed E-state index contributed by atoms with van der Waals surface area (Å²) in [6.07, 6.45) is 1.99. The fraction of sp³-hybridized carbons (Fsp3) is 0.750. The number of nitrogens with one attached hydrogen (secondary N) is 1. The molecule has 1 aliphatic rings. The number of hydrogen-bond acceptors (Lipinski definition) is 2. The summed E-state index contributed by atoms with van der Waals surface area (Å²) in [5, 5.41) is 3.84. The Morgan fingerprint density at radius 3 is 2.73 bits per heavy atom. The normalized spacial score (nSPS) is 28.7. The van der Waals surface area contributed by atoms with Crippen molar-refractivity contribution in [3.8, 4) is 0 Å². The molecular weight excluding hydrogens is 162 g/mol. The molecule has 1 rings (SSSR count). The lowest BCUT2D eigenvalue weighted by Gasteiger charge is -2.19. The smallest absolute Gasteiger partial charge is 0.106 e. The molecule has 0 spiro atoms. The number of rotatable bonds is 2. The zero-order valence-corrected chi connectivity index (χ0v) is 7.90. The molecule has 3 heteroatoms. The van der Waals surface area contributed by atoms with Gasteiger partial charge in [-0.2, -0.15) is 0 Å². The summed E-state index contributed by atoms with van der Waals surface area (Å²) < 4.78 is 5.61. The molecule has 11 heavy (non-hydrogen) atoms. The maximum Gasteiger partial charge on any atom is 0.106 e. The first-order valence-electron chi connectivity index (χ1n) is 3.76. The van der Waals surface area contributed by atoms with Gasteiger partial charge in [0.2, 0.25) is 0 Å². The van der Waals surface area contributed by atoms with E-state index < -0.39 is 0 Å². The van der Waals surface area contributed by atoms with Crippen LogP contribution in [0.15, 0.2) is 11.1 Å². The molecule has 1 heterocycles. The Kier molecular flexibility index (Phi) is 2.58. The summed E-state index contributed by atoms with van der Waals surface area (Å²) in [7, 11) is 1.89. The highest BCUT2D eigenvalue weighted by atomic mass is 35.5. The minimum Gasteiger partial charge on any atom is -0.361 e. The fourth-order valence-electron chi connectivity index (χ4n) is 1.21. The van der Waals surface area contributed by atoms with E-state index >= 15 is 0 Å². The van der Waals surface area contributed by atoms with E-state index in [-0.39, 0.29) is 11.7 Å². The predicted octanol–water partition coefficient (Wildman–Crippen LogP) is 1.51. The van der Waals surface area contributed by atoms with E-state index in [0.29, 0.717) is 0 Å². The standard InChI is InChI=1S/C8H14ClNO/c1-8(2)4-6(9)7(11-8)5-10-3/h4,7,10H,5H2,1-3H3. The van der Waals surface area contributed by atoms with Gasteiger partial charge in [-0.25, -0.2) is 0 Å². The molecule has 0 fully saturated rings. The Morgan fingerprint density at radius 2 is 2.36 bits per heavy atom. The van der Waals surface area contributed by atoms with Gasteiger partial charge in [-0.15, -0.1) is 0 Å². The van der Waals surface area contributed by atoms with Gasteiger partial charge in [0.1, 0.15) is 6.10 Å². The molecule has 0 aromatic heterocycles. The van der Waals surface area contributed by atoms with E-state index in [0.717, 1.165) is 11.6 Å². The average Bonchev–Trinajstić information content (AvgIpc) is 2.07. The monoisotopic (exact) mass is 175 g/mol. The van der Waals surface area contributed by atoms with Crippen molar-refractivity contribution in [3.63, 3.8) is 0 Å². The second-order valence-corrected chi connectivity index (χ2v) is 3.73. The van der Waals surface area contributed by atoms with E-state index in [1.54, 1.807) is 0 Å². The van der Waals surface area contributed by atoms with Gasteiger partial charge >= 0.3 is 0 Å². The van der Waals surface area contributed by atoms with Crippen molar-refractivity contribution >= 4 is 11.6 Å². The molecule has 0 saturated heterocycles. The second kappa shape index (κ2) is 3.13. The highest BCUT2D eigenvalue weighted by Crippen LogP contribution is 2.29. The van der Waals surface area contributed by atoms with E-state index in [1.165, 1.54) is 0 Å². The topological polar surface area (TPSA) is 21.3 Å². The average molecular weight is 176 g/mol. The van der Waals surface area contributed by atoms with Gasteiger partial charge in [-0.3, -0.25) is 0 Å². The number of likely N-dealkylation sites (N-methyl/N-ethyl adjacent to an activating group) is 1. The number of ether oxygens (including phenoxy) is 1. The molecule has 0 bridgehead atoms. The van der Waals surface area contributed by atoms with Crippen molar-refractivity contribution in [1.29, 1.82) is 0 Å². The van der Waals surface area contributed by atoms with Crippen LogP contribution in [0.4, 0.5) is 0 Å². The number of halogens is 1. The van der Waals surface area contributed by atoms with Gasteiger partial charge in [0.15, 0.2) is 0 Å². The van der Waals surface area contributed by atoms with Crippen LogP contribution in [0.5, 0.6) is 0 Å². The molecule has 64 valence electrons. The molecule has 1 atom stereocenters. The van der Waals surface area contributed by atoms with Crippen LogP contribution in [0.3, 0.4) is 0 Å². The Hall–Kier alpha value is -0.0500. The lowest BCUT2D eigenvalue weighted by Crippen LogP contribution is -2.29. The minimum absolute atomic E-state index is 0.0386.